The highest BCUT2D eigenvalue weighted by Crippen LogP contribution is 2.38. The lowest BCUT2D eigenvalue weighted by Crippen LogP contribution is -1.95. The van der Waals surface area contributed by atoms with Crippen molar-refractivity contribution in [3.05, 3.63) is 34.3 Å². The lowest BCUT2D eigenvalue weighted by atomic mass is 10.3. The summed E-state index contributed by atoms with van der Waals surface area (Å²) in [7, 11) is 0. The van der Waals surface area contributed by atoms with Crippen molar-refractivity contribution in [2.24, 2.45) is 0 Å². The normalized spacial score (nSPS) is 12.5. The Morgan fingerprint density at radius 2 is 1.89 bits per heavy atom. The Bertz CT molecular complexity index is 649. The molecule has 0 saturated carbocycles. The SMILES string of the molecule is Nc1nc(Oc2ccc3c(c2)OCO3)c(Cl)cc1Cl. The number of fused-ring (bicyclic) bond motifs is 1. The Morgan fingerprint density at radius 3 is 2.74 bits per heavy atom. The molecule has 5 nitrogen and oxygen atoms in total. The third-order valence-electron chi connectivity index (χ3n) is 2.48. The summed E-state index contributed by atoms with van der Waals surface area (Å²) < 4.78 is 16.0. The van der Waals surface area contributed by atoms with Gasteiger partial charge in [-0.25, -0.2) is 0 Å². The quantitative estimate of drug-likeness (QED) is 0.919. The second-order valence-corrected chi connectivity index (χ2v) is 4.57. The second-order valence-electron chi connectivity index (χ2n) is 3.76. The van der Waals surface area contributed by atoms with Crippen molar-refractivity contribution in [3.63, 3.8) is 0 Å². The van der Waals surface area contributed by atoms with E-state index in [-0.39, 0.29) is 28.5 Å². The monoisotopic (exact) mass is 298 g/mol. The predicted molar refractivity (Wildman–Crippen MR) is 71.3 cm³/mol. The van der Waals surface area contributed by atoms with E-state index in [0.29, 0.717) is 17.2 Å². The largest absolute Gasteiger partial charge is 0.454 e. The highest BCUT2D eigenvalue weighted by Gasteiger charge is 2.15. The van der Waals surface area contributed by atoms with Crippen LogP contribution in [0.2, 0.25) is 10.0 Å². The van der Waals surface area contributed by atoms with Crippen LogP contribution in [0.3, 0.4) is 0 Å². The van der Waals surface area contributed by atoms with Gasteiger partial charge in [0.2, 0.25) is 12.7 Å². The number of benzene rings is 1. The van der Waals surface area contributed by atoms with Gasteiger partial charge in [0, 0.05) is 6.07 Å². The number of nitrogens with zero attached hydrogens (tertiary/aromatic N) is 1. The van der Waals surface area contributed by atoms with Crippen molar-refractivity contribution in [3.8, 4) is 23.1 Å². The highest BCUT2D eigenvalue weighted by atomic mass is 35.5. The van der Waals surface area contributed by atoms with Crippen LogP contribution < -0.4 is 19.9 Å². The molecule has 98 valence electrons. The van der Waals surface area contributed by atoms with Crippen molar-refractivity contribution in [2.45, 2.75) is 0 Å². The molecule has 0 atom stereocenters. The maximum atomic E-state index is 5.99. The van der Waals surface area contributed by atoms with Gasteiger partial charge in [-0.2, -0.15) is 4.98 Å². The van der Waals surface area contributed by atoms with Crippen molar-refractivity contribution in [1.29, 1.82) is 0 Å². The first-order chi connectivity index (χ1) is 9.13. The Morgan fingerprint density at radius 1 is 1.11 bits per heavy atom. The van der Waals surface area contributed by atoms with E-state index in [9.17, 15) is 0 Å². The first-order valence-electron chi connectivity index (χ1n) is 5.32. The van der Waals surface area contributed by atoms with Gasteiger partial charge < -0.3 is 19.9 Å². The fraction of sp³-hybridized carbons (Fsp3) is 0.0833. The number of halogens is 2. The van der Waals surface area contributed by atoms with Crippen LogP contribution >= 0.6 is 23.2 Å². The number of nitrogens with two attached hydrogens (primary N) is 1. The molecule has 7 heteroatoms. The fourth-order valence-electron chi connectivity index (χ4n) is 1.59. The standard InChI is InChI=1S/C12H8Cl2N2O3/c13-7-4-8(14)12(16-11(7)15)19-6-1-2-9-10(3-6)18-5-17-9/h1-4H,5H2,(H2,15,16). The van der Waals surface area contributed by atoms with E-state index in [4.69, 9.17) is 43.1 Å². The van der Waals surface area contributed by atoms with Crippen molar-refractivity contribution in [1.82, 2.24) is 4.98 Å². The molecule has 3 rings (SSSR count). The lowest BCUT2D eigenvalue weighted by Gasteiger charge is -2.08. The molecule has 0 spiro atoms. The lowest BCUT2D eigenvalue weighted by molar-refractivity contribution is 0.174. The molecule has 0 saturated heterocycles. The number of nitrogen functional groups attached to an aromatic ring is 1. The average Bonchev–Trinajstić information content (AvgIpc) is 2.83. The minimum atomic E-state index is 0.154. The van der Waals surface area contributed by atoms with Gasteiger partial charge in [-0.15, -0.1) is 0 Å². The summed E-state index contributed by atoms with van der Waals surface area (Å²) in [4.78, 5) is 3.98. The van der Waals surface area contributed by atoms with Crippen molar-refractivity contribution < 1.29 is 14.2 Å². The van der Waals surface area contributed by atoms with E-state index >= 15 is 0 Å². The molecule has 2 heterocycles. The van der Waals surface area contributed by atoms with Crippen LogP contribution in [0.15, 0.2) is 24.3 Å². The van der Waals surface area contributed by atoms with Gasteiger partial charge in [0.25, 0.3) is 0 Å². The number of rotatable bonds is 2. The Balaban J connectivity index is 1.91. The molecule has 2 N–H and O–H groups in total. The minimum Gasteiger partial charge on any atom is -0.454 e. The van der Waals surface area contributed by atoms with E-state index in [1.807, 2.05) is 0 Å². The summed E-state index contributed by atoms with van der Waals surface area (Å²) in [5.74, 6) is 2.13. The van der Waals surface area contributed by atoms with E-state index in [0.717, 1.165) is 0 Å². The third kappa shape index (κ3) is 2.34. The van der Waals surface area contributed by atoms with Crippen LogP contribution in [0.25, 0.3) is 0 Å². The Kier molecular flexibility index (Phi) is 3.00. The molecule has 0 amide bonds. The Hall–Kier alpha value is -1.85. The van der Waals surface area contributed by atoms with Crippen LogP contribution in [0.4, 0.5) is 5.82 Å². The van der Waals surface area contributed by atoms with Crippen LogP contribution in [0.5, 0.6) is 23.1 Å². The topological polar surface area (TPSA) is 66.6 Å². The van der Waals surface area contributed by atoms with Crippen LogP contribution in [0.1, 0.15) is 0 Å². The Labute approximate surface area is 118 Å². The van der Waals surface area contributed by atoms with Crippen molar-refractivity contribution >= 4 is 29.0 Å². The van der Waals surface area contributed by atoms with E-state index in [2.05, 4.69) is 4.98 Å². The maximum absolute atomic E-state index is 5.99. The fourth-order valence-corrected chi connectivity index (χ4v) is 1.98. The van der Waals surface area contributed by atoms with E-state index in [1.165, 1.54) is 6.07 Å². The molecule has 0 bridgehead atoms. The summed E-state index contributed by atoms with van der Waals surface area (Å²) in [5.41, 5.74) is 5.61. The molecule has 1 aliphatic heterocycles. The molecular formula is C12H8Cl2N2O3. The zero-order valence-corrected chi connectivity index (χ0v) is 11.0. The maximum Gasteiger partial charge on any atom is 0.240 e. The predicted octanol–water partition coefficient (Wildman–Crippen LogP) is 3.49. The third-order valence-corrected chi connectivity index (χ3v) is 3.06. The number of hydrogen-bond acceptors (Lipinski definition) is 5. The summed E-state index contributed by atoms with van der Waals surface area (Å²) in [6, 6.07) is 6.63. The highest BCUT2D eigenvalue weighted by molar-refractivity contribution is 6.36. The molecule has 0 radical (unpaired) electrons. The van der Waals surface area contributed by atoms with Gasteiger partial charge in [0.15, 0.2) is 11.5 Å². The van der Waals surface area contributed by atoms with Gasteiger partial charge >= 0.3 is 0 Å². The molecule has 19 heavy (non-hydrogen) atoms. The molecule has 0 unspecified atom stereocenters. The molecule has 1 aromatic heterocycles. The molecule has 2 aromatic rings. The van der Waals surface area contributed by atoms with Crippen LogP contribution in [-0.4, -0.2) is 11.8 Å². The number of pyridine rings is 1. The zero-order valence-electron chi connectivity index (χ0n) is 9.52. The summed E-state index contributed by atoms with van der Waals surface area (Å²) in [6.07, 6.45) is 0. The van der Waals surface area contributed by atoms with Gasteiger partial charge in [0.05, 0.1) is 5.02 Å². The van der Waals surface area contributed by atoms with Crippen LogP contribution in [-0.2, 0) is 0 Å². The number of aromatic nitrogens is 1. The second kappa shape index (κ2) is 4.68. The molecule has 0 fully saturated rings. The molecular weight excluding hydrogens is 291 g/mol. The van der Waals surface area contributed by atoms with Crippen LogP contribution in [0, 0.1) is 0 Å². The first kappa shape index (κ1) is 12.2. The molecule has 1 aromatic carbocycles. The molecule has 0 aliphatic carbocycles. The summed E-state index contributed by atoms with van der Waals surface area (Å²) in [5, 5.41) is 0.555. The van der Waals surface area contributed by atoms with Gasteiger partial charge in [-0.1, -0.05) is 23.2 Å². The molecule has 1 aliphatic rings. The zero-order chi connectivity index (χ0) is 13.4. The number of hydrogen-bond donors (Lipinski definition) is 1. The minimum absolute atomic E-state index is 0.154. The smallest absolute Gasteiger partial charge is 0.240 e. The van der Waals surface area contributed by atoms with Gasteiger partial charge in [-0.3, -0.25) is 0 Å². The summed E-state index contributed by atoms with van der Waals surface area (Å²) >= 11 is 11.8. The number of ether oxygens (including phenoxy) is 3. The van der Waals surface area contributed by atoms with Gasteiger partial charge in [-0.05, 0) is 18.2 Å². The first-order valence-corrected chi connectivity index (χ1v) is 6.08. The van der Waals surface area contributed by atoms with E-state index in [1.54, 1.807) is 18.2 Å². The number of anilines is 1. The van der Waals surface area contributed by atoms with Gasteiger partial charge in [0.1, 0.15) is 16.6 Å². The average molecular weight is 299 g/mol. The van der Waals surface area contributed by atoms with E-state index < -0.39 is 0 Å². The summed E-state index contributed by atoms with van der Waals surface area (Å²) in [6.45, 7) is 0.200. The van der Waals surface area contributed by atoms with Crippen molar-refractivity contribution in [2.75, 3.05) is 12.5 Å².